The predicted octanol–water partition coefficient (Wildman–Crippen LogP) is 2.84. The van der Waals surface area contributed by atoms with Crippen LogP contribution in [0.4, 0.5) is 5.69 Å². The first-order valence-corrected chi connectivity index (χ1v) is 8.22. The van der Waals surface area contributed by atoms with Crippen molar-refractivity contribution in [1.29, 1.82) is 0 Å². The van der Waals surface area contributed by atoms with Gasteiger partial charge in [-0.25, -0.2) is 8.42 Å². The number of rotatable bonds is 6. The summed E-state index contributed by atoms with van der Waals surface area (Å²) in [7, 11) is -3.44. The third kappa shape index (κ3) is 3.46. The molecule has 0 aromatic heterocycles. The van der Waals surface area contributed by atoms with Gasteiger partial charge in [-0.1, -0.05) is 13.8 Å². The van der Waals surface area contributed by atoms with Crippen molar-refractivity contribution in [1.82, 2.24) is 4.31 Å². The molecule has 0 bridgehead atoms. The van der Waals surface area contributed by atoms with Crippen molar-refractivity contribution in [3.63, 3.8) is 0 Å². The number of nitrogens with zero attached hydrogens (tertiary/aromatic N) is 1. The average Bonchev–Trinajstić information content (AvgIpc) is 2.28. The van der Waals surface area contributed by atoms with Gasteiger partial charge >= 0.3 is 0 Å². The van der Waals surface area contributed by atoms with E-state index in [1.807, 2.05) is 13.8 Å². The van der Waals surface area contributed by atoms with Crippen LogP contribution in [0.5, 0.6) is 0 Å². The Balaban J connectivity index is 3.17. The van der Waals surface area contributed by atoms with Crippen LogP contribution in [0.25, 0.3) is 0 Å². The smallest absolute Gasteiger partial charge is 0.244 e. The first-order chi connectivity index (χ1) is 8.43. The van der Waals surface area contributed by atoms with Crippen LogP contribution in [-0.2, 0) is 10.0 Å². The zero-order chi connectivity index (χ0) is 13.8. The zero-order valence-corrected chi connectivity index (χ0v) is 13.1. The zero-order valence-electron chi connectivity index (χ0n) is 10.7. The molecule has 0 aliphatic heterocycles. The van der Waals surface area contributed by atoms with Crippen LogP contribution in [0, 0.1) is 0 Å². The molecule has 4 nitrogen and oxygen atoms in total. The Morgan fingerprint density at radius 3 is 2.22 bits per heavy atom. The molecule has 0 spiro atoms. The van der Waals surface area contributed by atoms with Crippen LogP contribution in [0.2, 0.25) is 0 Å². The summed E-state index contributed by atoms with van der Waals surface area (Å²) < 4.78 is 27.0. The molecule has 0 fully saturated rings. The molecule has 1 rings (SSSR count). The van der Waals surface area contributed by atoms with Crippen LogP contribution >= 0.6 is 15.9 Å². The molecule has 2 N–H and O–H groups in total. The van der Waals surface area contributed by atoms with E-state index in [0.717, 1.165) is 12.8 Å². The van der Waals surface area contributed by atoms with Gasteiger partial charge in [-0.2, -0.15) is 4.31 Å². The van der Waals surface area contributed by atoms with E-state index < -0.39 is 10.0 Å². The maximum Gasteiger partial charge on any atom is 0.244 e. The molecular weight excluding hydrogens is 316 g/mol. The van der Waals surface area contributed by atoms with E-state index in [9.17, 15) is 8.42 Å². The maximum absolute atomic E-state index is 12.5. The highest BCUT2D eigenvalue weighted by Crippen LogP contribution is 2.27. The highest BCUT2D eigenvalue weighted by molar-refractivity contribution is 9.10. The molecule has 0 unspecified atom stereocenters. The summed E-state index contributed by atoms with van der Waals surface area (Å²) in [5.74, 6) is 0. The number of anilines is 1. The molecule has 0 saturated heterocycles. The Morgan fingerprint density at radius 2 is 1.78 bits per heavy atom. The van der Waals surface area contributed by atoms with Crippen molar-refractivity contribution >= 4 is 31.6 Å². The second kappa shape index (κ2) is 6.54. The molecule has 18 heavy (non-hydrogen) atoms. The van der Waals surface area contributed by atoms with Gasteiger partial charge in [-0.15, -0.1) is 0 Å². The minimum Gasteiger partial charge on any atom is -0.399 e. The van der Waals surface area contributed by atoms with Crippen molar-refractivity contribution < 1.29 is 8.42 Å². The topological polar surface area (TPSA) is 63.4 Å². The van der Waals surface area contributed by atoms with E-state index in [0.29, 0.717) is 23.2 Å². The Labute approximate surface area is 117 Å². The van der Waals surface area contributed by atoms with Crippen molar-refractivity contribution in [2.45, 2.75) is 31.6 Å². The summed E-state index contributed by atoms with van der Waals surface area (Å²) >= 11 is 3.27. The molecule has 1 aromatic carbocycles. The highest BCUT2D eigenvalue weighted by atomic mass is 79.9. The Morgan fingerprint density at radius 1 is 1.22 bits per heavy atom. The van der Waals surface area contributed by atoms with Gasteiger partial charge in [0.1, 0.15) is 0 Å². The lowest BCUT2D eigenvalue weighted by Crippen LogP contribution is -2.32. The van der Waals surface area contributed by atoms with Gasteiger partial charge in [-0.3, -0.25) is 0 Å². The van der Waals surface area contributed by atoms with Crippen molar-refractivity contribution in [2.75, 3.05) is 18.8 Å². The molecule has 0 radical (unpaired) electrons. The second-order valence-corrected chi connectivity index (χ2v) is 6.85. The van der Waals surface area contributed by atoms with Crippen LogP contribution in [0.1, 0.15) is 26.7 Å². The van der Waals surface area contributed by atoms with Crippen LogP contribution in [0.3, 0.4) is 0 Å². The van der Waals surface area contributed by atoms with E-state index in [1.165, 1.54) is 4.31 Å². The fraction of sp³-hybridized carbons (Fsp3) is 0.500. The highest BCUT2D eigenvalue weighted by Gasteiger charge is 2.25. The van der Waals surface area contributed by atoms with Crippen LogP contribution in [-0.4, -0.2) is 25.8 Å². The number of nitrogens with two attached hydrogens (primary N) is 1. The number of benzene rings is 1. The first-order valence-electron chi connectivity index (χ1n) is 5.98. The molecular formula is C12H19BrN2O2S. The molecule has 0 aliphatic rings. The van der Waals surface area contributed by atoms with Crippen molar-refractivity contribution in [3.8, 4) is 0 Å². The summed E-state index contributed by atoms with van der Waals surface area (Å²) in [6.07, 6.45) is 1.59. The van der Waals surface area contributed by atoms with E-state index in [2.05, 4.69) is 15.9 Å². The molecule has 0 atom stereocenters. The number of hydrogen-bond acceptors (Lipinski definition) is 3. The number of sulfonamides is 1. The summed E-state index contributed by atoms with van der Waals surface area (Å²) in [6, 6.07) is 4.77. The summed E-state index contributed by atoms with van der Waals surface area (Å²) in [4.78, 5) is 0.276. The predicted molar refractivity (Wildman–Crippen MR) is 77.9 cm³/mol. The second-order valence-electron chi connectivity index (χ2n) is 4.09. The minimum absolute atomic E-state index is 0.276. The number of halogens is 1. The molecule has 0 heterocycles. The fourth-order valence-electron chi connectivity index (χ4n) is 1.72. The normalized spacial score (nSPS) is 12.0. The standard InChI is InChI=1S/C12H19BrN2O2S/c1-3-7-15(8-4-2)18(16,17)12-6-5-10(14)9-11(12)13/h5-6,9H,3-4,7-8,14H2,1-2H3. The van der Waals surface area contributed by atoms with Gasteiger partial charge < -0.3 is 5.73 Å². The molecule has 0 saturated carbocycles. The maximum atomic E-state index is 12.5. The summed E-state index contributed by atoms with van der Waals surface area (Å²) in [6.45, 7) is 5.01. The largest absolute Gasteiger partial charge is 0.399 e. The Bertz CT molecular complexity index is 497. The van der Waals surface area contributed by atoms with Gasteiger partial charge in [-0.05, 0) is 47.0 Å². The van der Waals surface area contributed by atoms with Crippen molar-refractivity contribution in [2.24, 2.45) is 0 Å². The van der Waals surface area contributed by atoms with Crippen molar-refractivity contribution in [3.05, 3.63) is 22.7 Å². The van der Waals surface area contributed by atoms with Crippen LogP contribution in [0.15, 0.2) is 27.6 Å². The Kier molecular flexibility index (Phi) is 5.62. The van der Waals surface area contributed by atoms with E-state index in [4.69, 9.17) is 5.73 Å². The fourth-order valence-corrected chi connectivity index (χ4v) is 4.40. The van der Waals surface area contributed by atoms with E-state index in [-0.39, 0.29) is 4.90 Å². The number of nitrogen functional groups attached to an aromatic ring is 1. The van der Waals surface area contributed by atoms with Gasteiger partial charge in [0.25, 0.3) is 0 Å². The lowest BCUT2D eigenvalue weighted by atomic mass is 10.3. The monoisotopic (exact) mass is 334 g/mol. The summed E-state index contributed by atoms with van der Waals surface area (Å²) in [5.41, 5.74) is 6.17. The SMILES string of the molecule is CCCN(CCC)S(=O)(=O)c1ccc(N)cc1Br. The number of hydrogen-bond donors (Lipinski definition) is 1. The van der Waals surface area contributed by atoms with Gasteiger partial charge in [0.05, 0.1) is 4.90 Å². The van der Waals surface area contributed by atoms with Gasteiger partial charge in [0.15, 0.2) is 0 Å². The third-order valence-electron chi connectivity index (χ3n) is 2.52. The molecule has 0 aliphatic carbocycles. The molecule has 6 heteroatoms. The molecule has 1 aromatic rings. The molecule has 0 amide bonds. The molecule has 102 valence electrons. The lowest BCUT2D eigenvalue weighted by Gasteiger charge is -2.21. The average molecular weight is 335 g/mol. The summed E-state index contributed by atoms with van der Waals surface area (Å²) in [5, 5.41) is 0. The van der Waals surface area contributed by atoms with E-state index in [1.54, 1.807) is 18.2 Å². The first kappa shape index (κ1) is 15.5. The minimum atomic E-state index is -3.44. The third-order valence-corrected chi connectivity index (χ3v) is 5.40. The van der Waals surface area contributed by atoms with Gasteiger partial charge in [0.2, 0.25) is 10.0 Å². The van der Waals surface area contributed by atoms with Gasteiger partial charge in [0, 0.05) is 23.2 Å². The Hall–Kier alpha value is -0.590. The quantitative estimate of drug-likeness (QED) is 0.813. The van der Waals surface area contributed by atoms with Crippen LogP contribution < -0.4 is 5.73 Å². The lowest BCUT2D eigenvalue weighted by molar-refractivity contribution is 0.409. The van der Waals surface area contributed by atoms with E-state index >= 15 is 0 Å².